The second-order valence-corrected chi connectivity index (χ2v) is 9.96. The molecule has 4 aliphatic rings. The predicted molar refractivity (Wildman–Crippen MR) is 109 cm³/mol. The minimum absolute atomic E-state index is 0.0112. The highest BCUT2D eigenvalue weighted by atomic mass is 32.1. The van der Waals surface area contributed by atoms with Gasteiger partial charge in [0.2, 0.25) is 11.8 Å². The number of likely N-dealkylation sites (tertiary alicyclic amines) is 1. The van der Waals surface area contributed by atoms with E-state index in [1.807, 2.05) is 11.7 Å². The molecule has 0 aliphatic carbocycles. The number of rotatable bonds is 5. The van der Waals surface area contributed by atoms with Crippen molar-refractivity contribution in [3.8, 4) is 0 Å². The van der Waals surface area contributed by atoms with Crippen LogP contribution < -0.4 is 5.32 Å². The fraction of sp³-hybridized carbons (Fsp3) is 0.762. The number of aromatic nitrogens is 1. The lowest BCUT2D eigenvalue weighted by Crippen LogP contribution is -2.67. The molecule has 0 radical (unpaired) electrons. The predicted octanol–water partition coefficient (Wildman–Crippen LogP) is 1.64. The van der Waals surface area contributed by atoms with Crippen LogP contribution in [0.5, 0.6) is 0 Å². The lowest BCUT2D eigenvalue weighted by molar-refractivity contribution is -0.153. The minimum Gasteiger partial charge on any atom is -0.368 e. The van der Waals surface area contributed by atoms with Crippen molar-refractivity contribution in [2.45, 2.75) is 63.3 Å². The molecule has 5 heterocycles. The summed E-state index contributed by atoms with van der Waals surface area (Å²) in [6.07, 6.45) is 7.29. The molecule has 5 atom stereocenters. The van der Waals surface area contributed by atoms with Gasteiger partial charge in [-0.15, -0.1) is 11.3 Å². The molecule has 5 rings (SSSR count). The SMILES string of the molecule is O=C(NC[C@H]1[C@H]2C[C@H](CN(Cc3cncs3)C2)[C@@H]2CCCC(=O)N21)[C@@H]1CCCO1. The van der Waals surface area contributed by atoms with E-state index in [1.54, 1.807) is 11.3 Å². The summed E-state index contributed by atoms with van der Waals surface area (Å²) >= 11 is 1.71. The van der Waals surface area contributed by atoms with Crippen molar-refractivity contribution < 1.29 is 14.3 Å². The summed E-state index contributed by atoms with van der Waals surface area (Å²) in [6, 6.07) is 0.417. The zero-order valence-electron chi connectivity index (χ0n) is 16.8. The third-order valence-corrected chi connectivity index (χ3v) is 7.91. The molecule has 1 aromatic heterocycles. The summed E-state index contributed by atoms with van der Waals surface area (Å²) in [5.74, 6) is 1.21. The van der Waals surface area contributed by atoms with E-state index in [-0.39, 0.29) is 24.0 Å². The van der Waals surface area contributed by atoms with Crippen molar-refractivity contribution in [2.75, 3.05) is 26.2 Å². The van der Waals surface area contributed by atoms with Crippen LogP contribution in [0.2, 0.25) is 0 Å². The van der Waals surface area contributed by atoms with E-state index in [1.165, 1.54) is 4.88 Å². The number of hydrogen-bond acceptors (Lipinski definition) is 6. The van der Waals surface area contributed by atoms with Gasteiger partial charge in [-0.25, -0.2) is 0 Å². The number of carbonyl (C=O) groups excluding carboxylic acids is 2. The average molecular weight is 419 g/mol. The van der Waals surface area contributed by atoms with Crippen LogP contribution >= 0.6 is 11.3 Å². The Bertz CT molecular complexity index is 736. The number of ether oxygens (including phenoxy) is 1. The highest BCUT2D eigenvalue weighted by molar-refractivity contribution is 7.09. The second kappa shape index (κ2) is 8.32. The van der Waals surface area contributed by atoms with Crippen LogP contribution in [0.15, 0.2) is 11.7 Å². The van der Waals surface area contributed by atoms with Gasteiger partial charge in [-0.3, -0.25) is 19.5 Å². The maximum atomic E-state index is 12.9. The Balaban J connectivity index is 1.31. The largest absolute Gasteiger partial charge is 0.368 e. The van der Waals surface area contributed by atoms with Crippen molar-refractivity contribution in [3.05, 3.63) is 16.6 Å². The Hall–Kier alpha value is -1.51. The molecule has 4 saturated heterocycles. The topological polar surface area (TPSA) is 74.8 Å². The van der Waals surface area contributed by atoms with Gasteiger partial charge in [0.1, 0.15) is 6.10 Å². The van der Waals surface area contributed by atoms with E-state index in [0.29, 0.717) is 37.5 Å². The zero-order valence-corrected chi connectivity index (χ0v) is 17.6. The van der Waals surface area contributed by atoms with Gasteiger partial charge in [-0.05, 0) is 43.9 Å². The van der Waals surface area contributed by atoms with E-state index in [0.717, 1.165) is 51.7 Å². The first-order valence-corrected chi connectivity index (χ1v) is 11.9. The van der Waals surface area contributed by atoms with Gasteiger partial charge >= 0.3 is 0 Å². The van der Waals surface area contributed by atoms with Crippen LogP contribution in [0, 0.1) is 11.8 Å². The van der Waals surface area contributed by atoms with E-state index in [2.05, 4.69) is 20.1 Å². The summed E-state index contributed by atoms with van der Waals surface area (Å²) in [6.45, 7) is 4.19. The molecule has 1 N–H and O–H groups in total. The monoisotopic (exact) mass is 418 g/mol. The first-order chi connectivity index (χ1) is 14.2. The Morgan fingerprint density at radius 1 is 1.28 bits per heavy atom. The Kier molecular flexibility index (Phi) is 5.58. The third kappa shape index (κ3) is 3.94. The number of nitrogens with one attached hydrogen (secondary N) is 1. The van der Waals surface area contributed by atoms with Crippen LogP contribution in [-0.2, 0) is 20.9 Å². The number of piperidine rings is 3. The summed E-state index contributed by atoms with van der Waals surface area (Å²) in [4.78, 5) is 35.6. The summed E-state index contributed by atoms with van der Waals surface area (Å²) < 4.78 is 5.53. The van der Waals surface area contributed by atoms with Gasteiger partial charge in [0.05, 0.1) is 11.6 Å². The molecule has 29 heavy (non-hydrogen) atoms. The van der Waals surface area contributed by atoms with Crippen LogP contribution in [0.4, 0.5) is 0 Å². The number of fused-ring (bicyclic) bond motifs is 4. The van der Waals surface area contributed by atoms with E-state index < -0.39 is 0 Å². The number of amides is 2. The van der Waals surface area contributed by atoms with Gasteiger partial charge in [0, 0.05) is 56.3 Å². The van der Waals surface area contributed by atoms with Crippen LogP contribution in [0.3, 0.4) is 0 Å². The normalized spacial score (nSPS) is 34.8. The molecule has 2 bridgehead atoms. The molecular formula is C21H30N4O3S. The third-order valence-electron chi connectivity index (χ3n) is 7.14. The molecule has 0 aromatic carbocycles. The molecule has 0 spiro atoms. The molecule has 0 unspecified atom stereocenters. The van der Waals surface area contributed by atoms with Crippen molar-refractivity contribution in [1.82, 2.24) is 20.1 Å². The number of carbonyl (C=O) groups is 2. The van der Waals surface area contributed by atoms with Gasteiger partial charge in [0.25, 0.3) is 0 Å². The van der Waals surface area contributed by atoms with Crippen molar-refractivity contribution in [2.24, 2.45) is 11.8 Å². The minimum atomic E-state index is -0.312. The van der Waals surface area contributed by atoms with E-state index >= 15 is 0 Å². The first kappa shape index (κ1) is 19.5. The fourth-order valence-electron chi connectivity index (χ4n) is 5.91. The molecule has 7 nitrogen and oxygen atoms in total. The smallest absolute Gasteiger partial charge is 0.249 e. The molecular weight excluding hydrogens is 388 g/mol. The van der Waals surface area contributed by atoms with Crippen molar-refractivity contribution in [1.29, 1.82) is 0 Å². The fourth-order valence-corrected chi connectivity index (χ4v) is 6.54. The molecule has 8 heteroatoms. The highest BCUT2D eigenvalue weighted by Crippen LogP contribution is 2.41. The van der Waals surface area contributed by atoms with Crippen molar-refractivity contribution in [3.63, 3.8) is 0 Å². The molecule has 4 fully saturated rings. The summed E-state index contributed by atoms with van der Waals surface area (Å²) in [5.41, 5.74) is 1.89. The quantitative estimate of drug-likeness (QED) is 0.787. The van der Waals surface area contributed by atoms with Crippen molar-refractivity contribution >= 4 is 23.2 Å². The highest BCUT2D eigenvalue weighted by Gasteiger charge is 2.49. The van der Waals surface area contributed by atoms with E-state index in [4.69, 9.17) is 4.74 Å². The van der Waals surface area contributed by atoms with Crippen LogP contribution in [0.1, 0.15) is 43.4 Å². The zero-order chi connectivity index (χ0) is 19.8. The summed E-state index contributed by atoms with van der Waals surface area (Å²) in [5, 5.41) is 3.13. The Morgan fingerprint density at radius 3 is 2.97 bits per heavy atom. The standard InChI is InChI=1S/C21H30N4O3S/c26-20-5-1-3-17-14-7-15(11-24(10-14)12-16-8-22-13-29-16)18(25(17)20)9-23-21(27)19-4-2-6-28-19/h8,13-15,17-19H,1-7,9-12H2,(H,23,27)/t14-,15+,17+,18+,19+/m1/s1. The Labute approximate surface area is 175 Å². The number of thiazole rings is 1. The van der Waals surface area contributed by atoms with Crippen LogP contribution in [0.25, 0.3) is 0 Å². The lowest BCUT2D eigenvalue weighted by Gasteiger charge is -2.56. The second-order valence-electron chi connectivity index (χ2n) is 8.99. The van der Waals surface area contributed by atoms with Crippen LogP contribution in [-0.4, -0.2) is 71.0 Å². The molecule has 4 aliphatic heterocycles. The average Bonchev–Trinajstić information content (AvgIpc) is 3.42. The Morgan fingerprint density at radius 2 is 2.17 bits per heavy atom. The number of hydrogen-bond donors (Lipinski definition) is 1. The summed E-state index contributed by atoms with van der Waals surface area (Å²) in [7, 11) is 0. The molecule has 158 valence electrons. The maximum Gasteiger partial charge on any atom is 0.249 e. The van der Waals surface area contributed by atoms with Gasteiger partial charge in [-0.1, -0.05) is 0 Å². The molecule has 0 saturated carbocycles. The van der Waals surface area contributed by atoms with Gasteiger partial charge < -0.3 is 15.0 Å². The van der Waals surface area contributed by atoms with Gasteiger partial charge in [0.15, 0.2) is 0 Å². The first-order valence-electron chi connectivity index (χ1n) is 11.0. The number of nitrogens with zero attached hydrogens (tertiary/aromatic N) is 3. The molecule has 1 aromatic rings. The molecule has 2 amide bonds. The maximum absolute atomic E-state index is 12.9. The van der Waals surface area contributed by atoms with Gasteiger partial charge in [-0.2, -0.15) is 0 Å². The van der Waals surface area contributed by atoms with E-state index in [9.17, 15) is 9.59 Å². The lowest BCUT2D eigenvalue weighted by atomic mass is 9.72.